The summed E-state index contributed by atoms with van der Waals surface area (Å²) in [5, 5.41) is 8.75. The fourth-order valence-corrected chi connectivity index (χ4v) is 3.11. The average molecular weight is 377 g/mol. The van der Waals surface area contributed by atoms with Gasteiger partial charge < -0.3 is 14.6 Å². The van der Waals surface area contributed by atoms with Crippen molar-refractivity contribution < 1.29 is 14.1 Å². The average Bonchev–Trinajstić information content (AvgIpc) is 3.39. The summed E-state index contributed by atoms with van der Waals surface area (Å²) in [6.45, 7) is 0.0774. The molecule has 7 heteroatoms. The van der Waals surface area contributed by atoms with Gasteiger partial charge in [0.05, 0.1) is 10.4 Å². The van der Waals surface area contributed by atoms with Crippen LogP contribution in [-0.2, 0) is 6.61 Å². The van der Waals surface area contributed by atoms with Gasteiger partial charge in [-0.25, -0.2) is 0 Å². The molecular formula is C20H15N3O3S. The number of carbonyl (C=O) groups is 1. The molecule has 0 saturated carbocycles. The molecule has 0 spiro atoms. The van der Waals surface area contributed by atoms with Gasteiger partial charge in [0, 0.05) is 5.69 Å². The number of aromatic nitrogens is 2. The monoisotopic (exact) mass is 377 g/mol. The van der Waals surface area contributed by atoms with Crippen LogP contribution in [0.1, 0.15) is 16.2 Å². The smallest absolute Gasteiger partial charge is 0.264 e. The van der Waals surface area contributed by atoms with E-state index >= 15 is 0 Å². The van der Waals surface area contributed by atoms with Crippen LogP contribution >= 0.6 is 11.3 Å². The van der Waals surface area contributed by atoms with E-state index < -0.39 is 0 Å². The van der Waals surface area contributed by atoms with E-state index in [-0.39, 0.29) is 12.5 Å². The van der Waals surface area contributed by atoms with Crippen molar-refractivity contribution >= 4 is 22.9 Å². The lowest BCUT2D eigenvalue weighted by Gasteiger charge is -2.10. The molecule has 0 aliphatic rings. The van der Waals surface area contributed by atoms with Gasteiger partial charge in [-0.3, -0.25) is 4.79 Å². The Balaban J connectivity index is 1.46. The van der Waals surface area contributed by atoms with Crippen LogP contribution in [0.4, 0.5) is 5.69 Å². The van der Waals surface area contributed by atoms with Crippen molar-refractivity contribution in [3.8, 4) is 16.5 Å². The highest BCUT2D eigenvalue weighted by atomic mass is 32.1. The van der Waals surface area contributed by atoms with Crippen LogP contribution in [0.15, 0.2) is 76.6 Å². The van der Waals surface area contributed by atoms with Gasteiger partial charge in [-0.1, -0.05) is 41.6 Å². The number of hydrogen-bond donors (Lipinski definition) is 1. The summed E-state index contributed by atoms with van der Waals surface area (Å²) in [7, 11) is 0. The highest BCUT2D eigenvalue weighted by Crippen LogP contribution is 2.23. The number of amides is 1. The summed E-state index contributed by atoms with van der Waals surface area (Å²) in [4.78, 5) is 17.8. The van der Waals surface area contributed by atoms with Crippen molar-refractivity contribution in [3.63, 3.8) is 0 Å². The molecule has 4 rings (SSSR count). The third kappa shape index (κ3) is 4.04. The zero-order valence-electron chi connectivity index (χ0n) is 14.2. The summed E-state index contributed by atoms with van der Waals surface area (Å²) in [6.07, 6.45) is 0. The minimum absolute atomic E-state index is 0.0774. The SMILES string of the molecule is O=C(Nc1ccccc1)c1ccccc1OCc1nc(-c2cccs2)no1. The van der Waals surface area contributed by atoms with Gasteiger partial charge >= 0.3 is 0 Å². The Bertz CT molecular complexity index is 1030. The molecule has 0 saturated heterocycles. The summed E-state index contributed by atoms with van der Waals surface area (Å²) in [5.41, 5.74) is 1.15. The molecular weight excluding hydrogens is 362 g/mol. The third-order valence-electron chi connectivity index (χ3n) is 3.72. The van der Waals surface area contributed by atoms with Crippen LogP contribution in [0.2, 0.25) is 0 Å². The minimum atomic E-state index is -0.249. The van der Waals surface area contributed by atoms with Crippen LogP contribution in [0.5, 0.6) is 5.75 Å². The van der Waals surface area contributed by atoms with Crippen molar-refractivity contribution in [2.24, 2.45) is 0 Å². The molecule has 1 N–H and O–H groups in total. The molecule has 134 valence electrons. The van der Waals surface area contributed by atoms with E-state index in [0.717, 1.165) is 10.6 Å². The maximum absolute atomic E-state index is 12.6. The topological polar surface area (TPSA) is 77.2 Å². The molecule has 0 bridgehead atoms. The van der Waals surface area contributed by atoms with Crippen LogP contribution in [0.25, 0.3) is 10.7 Å². The second-order valence-electron chi connectivity index (χ2n) is 5.59. The van der Waals surface area contributed by atoms with Crippen LogP contribution in [0.3, 0.4) is 0 Å². The van der Waals surface area contributed by atoms with Crippen molar-refractivity contribution in [3.05, 3.63) is 83.6 Å². The highest BCUT2D eigenvalue weighted by molar-refractivity contribution is 7.13. The Labute approximate surface area is 159 Å². The van der Waals surface area contributed by atoms with E-state index in [1.807, 2.05) is 47.8 Å². The fourth-order valence-electron chi connectivity index (χ4n) is 2.46. The first-order chi connectivity index (χ1) is 13.3. The molecule has 27 heavy (non-hydrogen) atoms. The van der Waals surface area contributed by atoms with Gasteiger partial charge in [0.1, 0.15) is 5.75 Å². The standard InChI is InChI=1S/C20H15N3O3S/c24-20(21-14-7-2-1-3-8-14)15-9-4-5-10-16(15)25-13-18-22-19(23-26-18)17-11-6-12-27-17/h1-12H,13H2,(H,21,24). The molecule has 0 unspecified atom stereocenters. The number of benzene rings is 2. The molecule has 4 aromatic rings. The maximum Gasteiger partial charge on any atom is 0.264 e. The molecule has 0 atom stereocenters. The lowest BCUT2D eigenvalue weighted by molar-refractivity contribution is 0.102. The van der Waals surface area contributed by atoms with E-state index in [2.05, 4.69) is 15.5 Å². The molecule has 0 radical (unpaired) electrons. The van der Waals surface area contributed by atoms with Gasteiger partial charge in [0.2, 0.25) is 5.82 Å². The molecule has 0 aliphatic heterocycles. The number of thiophene rings is 1. The molecule has 2 heterocycles. The number of nitrogens with one attached hydrogen (secondary N) is 1. The fraction of sp³-hybridized carbons (Fsp3) is 0.0500. The molecule has 1 amide bonds. The molecule has 0 aliphatic carbocycles. The lowest BCUT2D eigenvalue weighted by Crippen LogP contribution is -2.13. The number of para-hydroxylation sites is 2. The third-order valence-corrected chi connectivity index (χ3v) is 4.59. The lowest BCUT2D eigenvalue weighted by atomic mass is 10.2. The molecule has 2 aromatic heterocycles. The van der Waals surface area contributed by atoms with Crippen LogP contribution < -0.4 is 10.1 Å². The minimum Gasteiger partial charge on any atom is -0.483 e. The van der Waals surface area contributed by atoms with Gasteiger partial charge in [0.15, 0.2) is 6.61 Å². The number of ether oxygens (including phenoxy) is 1. The van der Waals surface area contributed by atoms with Gasteiger partial charge in [0.25, 0.3) is 11.8 Å². The number of carbonyl (C=O) groups excluding carboxylic acids is 1. The van der Waals surface area contributed by atoms with Crippen molar-refractivity contribution in [1.82, 2.24) is 10.1 Å². The van der Waals surface area contributed by atoms with Crippen LogP contribution in [-0.4, -0.2) is 16.0 Å². The van der Waals surface area contributed by atoms with E-state index in [9.17, 15) is 4.79 Å². The Morgan fingerprint density at radius 2 is 1.85 bits per heavy atom. The normalized spacial score (nSPS) is 10.5. The van der Waals surface area contributed by atoms with Gasteiger partial charge in [-0.2, -0.15) is 4.98 Å². The van der Waals surface area contributed by atoms with E-state index in [0.29, 0.717) is 23.0 Å². The van der Waals surface area contributed by atoms with E-state index in [1.54, 1.807) is 24.3 Å². The first kappa shape index (κ1) is 17.0. The predicted molar refractivity (Wildman–Crippen MR) is 103 cm³/mol. The predicted octanol–water partition coefficient (Wildman–Crippen LogP) is 4.63. The van der Waals surface area contributed by atoms with Gasteiger partial charge in [-0.15, -0.1) is 11.3 Å². The van der Waals surface area contributed by atoms with Gasteiger partial charge in [-0.05, 0) is 35.7 Å². The Morgan fingerprint density at radius 1 is 1.04 bits per heavy atom. The van der Waals surface area contributed by atoms with Crippen molar-refractivity contribution in [2.75, 3.05) is 5.32 Å². The van der Waals surface area contributed by atoms with E-state index in [4.69, 9.17) is 9.26 Å². The summed E-state index contributed by atoms with van der Waals surface area (Å²) >= 11 is 1.53. The second kappa shape index (κ2) is 7.84. The molecule has 2 aromatic carbocycles. The Hall–Kier alpha value is -3.45. The van der Waals surface area contributed by atoms with E-state index in [1.165, 1.54) is 11.3 Å². The number of hydrogen-bond acceptors (Lipinski definition) is 6. The highest BCUT2D eigenvalue weighted by Gasteiger charge is 2.14. The number of anilines is 1. The maximum atomic E-state index is 12.6. The van der Waals surface area contributed by atoms with Crippen LogP contribution in [0, 0.1) is 0 Å². The summed E-state index contributed by atoms with van der Waals surface area (Å²) in [5.74, 6) is 1.07. The molecule has 6 nitrogen and oxygen atoms in total. The Kier molecular flexibility index (Phi) is 4.93. The van der Waals surface area contributed by atoms with Crippen molar-refractivity contribution in [2.45, 2.75) is 6.61 Å². The quantitative estimate of drug-likeness (QED) is 0.530. The van der Waals surface area contributed by atoms with Crippen molar-refractivity contribution in [1.29, 1.82) is 0 Å². The number of nitrogens with zero attached hydrogens (tertiary/aromatic N) is 2. The summed E-state index contributed by atoms with van der Waals surface area (Å²) < 4.78 is 11.0. The first-order valence-electron chi connectivity index (χ1n) is 8.24. The number of rotatable bonds is 6. The molecule has 0 fully saturated rings. The largest absolute Gasteiger partial charge is 0.483 e. The zero-order chi connectivity index (χ0) is 18.5. The Morgan fingerprint density at radius 3 is 2.67 bits per heavy atom. The first-order valence-corrected chi connectivity index (χ1v) is 9.12. The zero-order valence-corrected chi connectivity index (χ0v) is 15.0. The summed E-state index contributed by atoms with van der Waals surface area (Å²) in [6, 6.07) is 20.1. The second-order valence-corrected chi connectivity index (χ2v) is 6.54.